The van der Waals surface area contributed by atoms with E-state index in [0.29, 0.717) is 6.42 Å². The molecule has 0 radical (unpaired) electrons. The van der Waals surface area contributed by atoms with Crippen molar-refractivity contribution >= 4 is 17.7 Å². The van der Waals surface area contributed by atoms with Gasteiger partial charge in [-0.15, -0.1) is 5.73 Å². The second-order valence-electron chi connectivity index (χ2n) is 5.62. The molecule has 0 bridgehead atoms. The van der Waals surface area contributed by atoms with Gasteiger partial charge in [-0.2, -0.15) is 11.8 Å². The predicted molar refractivity (Wildman–Crippen MR) is 103 cm³/mol. The molecule has 3 heteroatoms. The van der Waals surface area contributed by atoms with E-state index in [9.17, 15) is 4.79 Å². The molecule has 0 aliphatic carbocycles. The molecule has 0 spiro atoms. The minimum atomic E-state index is -0.752. The number of thioether (sulfide) groups is 1. The largest absolute Gasteiger partial charge is 0.481 e. The SMILES string of the molecule is CCCCCC/C=C\C/C=C\CSCC=C=CCC(C)C(=O)O. The maximum Gasteiger partial charge on any atom is 0.306 e. The number of allylic oxidation sites excluding steroid dienone is 3. The molecule has 1 atom stereocenters. The van der Waals surface area contributed by atoms with E-state index in [4.69, 9.17) is 5.11 Å². The monoisotopic (exact) mass is 336 g/mol. The molecule has 0 aromatic rings. The van der Waals surface area contributed by atoms with E-state index in [1.54, 1.807) is 13.0 Å². The Hall–Kier alpha value is -1.18. The van der Waals surface area contributed by atoms with Crippen molar-refractivity contribution in [2.24, 2.45) is 5.92 Å². The molecule has 1 unspecified atom stereocenters. The Morgan fingerprint density at radius 3 is 2.61 bits per heavy atom. The first-order valence-corrected chi connectivity index (χ1v) is 9.83. The van der Waals surface area contributed by atoms with Crippen LogP contribution < -0.4 is 0 Å². The van der Waals surface area contributed by atoms with Gasteiger partial charge < -0.3 is 5.11 Å². The molecule has 0 aliphatic rings. The van der Waals surface area contributed by atoms with Crippen LogP contribution in [0.3, 0.4) is 0 Å². The summed E-state index contributed by atoms with van der Waals surface area (Å²) in [5.41, 5.74) is 3.04. The van der Waals surface area contributed by atoms with Gasteiger partial charge in [-0.25, -0.2) is 0 Å². The lowest BCUT2D eigenvalue weighted by Crippen LogP contribution is -2.07. The fourth-order valence-electron chi connectivity index (χ4n) is 1.82. The Morgan fingerprint density at radius 2 is 1.87 bits per heavy atom. The van der Waals surface area contributed by atoms with Crippen LogP contribution in [-0.4, -0.2) is 22.6 Å². The highest BCUT2D eigenvalue weighted by Gasteiger charge is 2.06. The molecule has 0 heterocycles. The van der Waals surface area contributed by atoms with E-state index in [1.165, 1.54) is 32.1 Å². The number of carbonyl (C=O) groups is 1. The number of carboxylic acid groups (broad SMARTS) is 1. The molecule has 0 aromatic carbocycles. The van der Waals surface area contributed by atoms with Gasteiger partial charge in [0.2, 0.25) is 0 Å². The third-order valence-corrected chi connectivity index (χ3v) is 4.20. The lowest BCUT2D eigenvalue weighted by Gasteiger charge is -1.97. The van der Waals surface area contributed by atoms with E-state index >= 15 is 0 Å². The van der Waals surface area contributed by atoms with Gasteiger partial charge in [-0.05, 0) is 37.8 Å². The average molecular weight is 337 g/mol. The van der Waals surface area contributed by atoms with E-state index in [0.717, 1.165) is 17.9 Å². The van der Waals surface area contributed by atoms with Crippen LogP contribution in [0.1, 0.15) is 58.8 Å². The molecule has 0 saturated heterocycles. The second-order valence-corrected chi connectivity index (χ2v) is 6.69. The van der Waals surface area contributed by atoms with Crippen LogP contribution in [0.15, 0.2) is 42.2 Å². The summed E-state index contributed by atoms with van der Waals surface area (Å²) in [7, 11) is 0. The molecule has 0 saturated carbocycles. The fourth-order valence-corrected chi connectivity index (χ4v) is 2.44. The molecule has 0 rings (SSSR count). The van der Waals surface area contributed by atoms with Gasteiger partial charge in [-0.3, -0.25) is 4.79 Å². The quantitative estimate of drug-likeness (QED) is 0.239. The molecule has 1 N–H and O–H groups in total. The van der Waals surface area contributed by atoms with Gasteiger partial charge in [-0.1, -0.05) is 57.4 Å². The van der Waals surface area contributed by atoms with E-state index in [1.807, 2.05) is 17.8 Å². The summed E-state index contributed by atoms with van der Waals surface area (Å²) >= 11 is 1.83. The van der Waals surface area contributed by atoms with Crippen LogP contribution >= 0.6 is 11.8 Å². The van der Waals surface area contributed by atoms with Crippen molar-refractivity contribution in [3.63, 3.8) is 0 Å². The van der Waals surface area contributed by atoms with Crippen LogP contribution in [0.4, 0.5) is 0 Å². The maximum atomic E-state index is 10.6. The Balaban J connectivity index is 3.48. The van der Waals surface area contributed by atoms with Crippen molar-refractivity contribution in [3.05, 3.63) is 42.2 Å². The number of hydrogen-bond donors (Lipinski definition) is 1. The molecular weight excluding hydrogens is 304 g/mol. The third-order valence-electron chi connectivity index (χ3n) is 3.37. The third kappa shape index (κ3) is 17.0. The van der Waals surface area contributed by atoms with Crippen molar-refractivity contribution in [2.75, 3.05) is 11.5 Å². The minimum Gasteiger partial charge on any atom is -0.481 e. The summed E-state index contributed by atoms with van der Waals surface area (Å²) in [6, 6.07) is 0. The Bertz CT molecular complexity index is 404. The van der Waals surface area contributed by atoms with E-state index < -0.39 is 5.97 Å². The second kappa shape index (κ2) is 17.2. The number of carboxylic acids is 1. The van der Waals surface area contributed by atoms with Crippen LogP contribution in [0.25, 0.3) is 0 Å². The van der Waals surface area contributed by atoms with Gasteiger partial charge >= 0.3 is 5.97 Å². The van der Waals surface area contributed by atoms with Crippen LogP contribution in [-0.2, 0) is 4.79 Å². The smallest absolute Gasteiger partial charge is 0.306 e. The number of rotatable bonds is 14. The van der Waals surface area contributed by atoms with Crippen molar-refractivity contribution in [1.82, 2.24) is 0 Å². The standard InChI is InChI=1S/C20H32O2S/c1-3-4-5-6-7-8-9-10-11-14-17-23-18-15-12-13-16-19(2)20(21)22/h8-9,11,13-15,19H,3-7,10,16-18H2,1-2H3,(H,21,22)/b9-8-,14-11-. The molecule has 0 fully saturated rings. The Kier molecular flexibility index (Phi) is 16.3. The van der Waals surface area contributed by atoms with E-state index in [-0.39, 0.29) is 5.92 Å². The highest BCUT2D eigenvalue weighted by Crippen LogP contribution is 2.05. The van der Waals surface area contributed by atoms with Crippen LogP contribution in [0.2, 0.25) is 0 Å². The van der Waals surface area contributed by atoms with Gasteiger partial charge in [0.15, 0.2) is 0 Å². The van der Waals surface area contributed by atoms with Crippen molar-refractivity contribution in [3.8, 4) is 0 Å². The minimum absolute atomic E-state index is 0.328. The van der Waals surface area contributed by atoms with Crippen molar-refractivity contribution < 1.29 is 9.90 Å². The number of unbranched alkanes of at least 4 members (excludes halogenated alkanes) is 4. The molecule has 0 amide bonds. The Morgan fingerprint density at radius 1 is 1.09 bits per heavy atom. The molecule has 0 aromatic heterocycles. The first-order valence-electron chi connectivity index (χ1n) is 8.68. The zero-order valence-electron chi connectivity index (χ0n) is 14.7. The zero-order chi connectivity index (χ0) is 17.2. The summed E-state index contributed by atoms with van der Waals surface area (Å²) in [6.45, 7) is 3.95. The average Bonchev–Trinajstić information content (AvgIpc) is 2.54. The molecule has 0 aliphatic heterocycles. The summed E-state index contributed by atoms with van der Waals surface area (Å²) < 4.78 is 0. The number of aliphatic carboxylic acids is 1. The number of hydrogen-bond acceptors (Lipinski definition) is 2. The van der Waals surface area contributed by atoms with Gasteiger partial charge in [0.25, 0.3) is 0 Å². The molecule has 130 valence electrons. The molecular formula is C20H32O2S. The van der Waals surface area contributed by atoms with Gasteiger partial charge in [0, 0.05) is 11.5 Å². The van der Waals surface area contributed by atoms with E-state index in [2.05, 4.69) is 37.0 Å². The summed E-state index contributed by atoms with van der Waals surface area (Å²) in [4.78, 5) is 10.6. The predicted octanol–water partition coefficient (Wildman–Crippen LogP) is 6.01. The first kappa shape index (κ1) is 21.8. The van der Waals surface area contributed by atoms with Crippen molar-refractivity contribution in [2.45, 2.75) is 58.8 Å². The maximum absolute atomic E-state index is 10.6. The van der Waals surface area contributed by atoms with Gasteiger partial charge in [0.1, 0.15) is 0 Å². The van der Waals surface area contributed by atoms with Crippen LogP contribution in [0, 0.1) is 5.92 Å². The first-order chi connectivity index (χ1) is 11.2. The Labute approximate surface area is 146 Å². The van der Waals surface area contributed by atoms with Crippen LogP contribution in [0.5, 0.6) is 0 Å². The summed E-state index contributed by atoms with van der Waals surface area (Å²) in [6.07, 6.45) is 20.8. The lowest BCUT2D eigenvalue weighted by atomic mass is 10.1. The van der Waals surface area contributed by atoms with Crippen molar-refractivity contribution in [1.29, 1.82) is 0 Å². The summed E-state index contributed by atoms with van der Waals surface area (Å²) in [5, 5.41) is 8.73. The lowest BCUT2D eigenvalue weighted by molar-refractivity contribution is -0.140. The van der Waals surface area contributed by atoms with Gasteiger partial charge in [0.05, 0.1) is 5.92 Å². The topological polar surface area (TPSA) is 37.3 Å². The zero-order valence-corrected chi connectivity index (χ0v) is 15.5. The highest BCUT2D eigenvalue weighted by molar-refractivity contribution is 7.99. The molecule has 2 nitrogen and oxygen atoms in total. The normalized spacial score (nSPS) is 12.4. The summed E-state index contributed by atoms with van der Waals surface area (Å²) in [5.74, 6) is 0.840. The highest BCUT2D eigenvalue weighted by atomic mass is 32.2. The molecule has 23 heavy (non-hydrogen) atoms. The fraction of sp³-hybridized carbons (Fsp3) is 0.600.